The Morgan fingerprint density at radius 2 is 2.14 bits per heavy atom. The molecule has 1 aliphatic heterocycles. The summed E-state index contributed by atoms with van der Waals surface area (Å²) in [5, 5.41) is 22.4. The fourth-order valence-electron chi connectivity index (χ4n) is 2.46. The van der Waals surface area contributed by atoms with Crippen LogP contribution in [-0.2, 0) is 4.79 Å². The number of carbonyl (C=O) groups excluding carboxylic acids is 1. The van der Waals surface area contributed by atoms with Crippen molar-refractivity contribution in [2.75, 3.05) is 25.0 Å². The minimum atomic E-state index is -0.513. The van der Waals surface area contributed by atoms with E-state index in [1.807, 2.05) is 6.07 Å². The number of benzene rings is 1. The largest absolute Gasteiger partial charge is 0.371 e. The van der Waals surface area contributed by atoms with E-state index in [4.69, 9.17) is 5.26 Å². The zero-order valence-electron chi connectivity index (χ0n) is 12.2. The predicted molar refractivity (Wildman–Crippen MR) is 82.2 cm³/mol. The molecule has 2 rings (SSSR count). The highest BCUT2D eigenvalue weighted by molar-refractivity contribution is 6.02. The van der Waals surface area contributed by atoms with Crippen molar-refractivity contribution >= 4 is 23.4 Å². The van der Waals surface area contributed by atoms with E-state index in [1.54, 1.807) is 6.07 Å². The zero-order valence-corrected chi connectivity index (χ0v) is 12.2. The van der Waals surface area contributed by atoms with Gasteiger partial charge in [-0.15, -0.1) is 0 Å². The number of hydrogen-bond donors (Lipinski definition) is 1. The van der Waals surface area contributed by atoms with Crippen molar-refractivity contribution in [1.82, 2.24) is 5.32 Å². The van der Waals surface area contributed by atoms with Gasteiger partial charge in [-0.1, -0.05) is 0 Å². The summed E-state index contributed by atoms with van der Waals surface area (Å²) in [5.74, 6) is -0.513. The van der Waals surface area contributed by atoms with E-state index in [0.29, 0.717) is 5.56 Å². The van der Waals surface area contributed by atoms with E-state index in [2.05, 4.69) is 10.2 Å². The van der Waals surface area contributed by atoms with Gasteiger partial charge in [0.1, 0.15) is 11.6 Å². The van der Waals surface area contributed by atoms with Gasteiger partial charge in [0.15, 0.2) is 0 Å². The van der Waals surface area contributed by atoms with Gasteiger partial charge in [0, 0.05) is 43.5 Å². The molecule has 1 amide bonds. The smallest absolute Gasteiger partial charge is 0.270 e. The lowest BCUT2D eigenvalue weighted by molar-refractivity contribution is -0.384. The standard InChI is InChI=1S/C15H16N4O3/c1-17-15(20)12(10-16)8-11-9-13(19(21)22)4-5-14(11)18-6-2-3-7-18/h4-5,8-9H,2-3,6-7H2,1H3,(H,17,20)/b12-8+. The topological polar surface area (TPSA) is 99.3 Å². The molecule has 0 atom stereocenters. The molecule has 1 N–H and O–H groups in total. The van der Waals surface area contributed by atoms with Crippen LogP contribution in [0.1, 0.15) is 18.4 Å². The van der Waals surface area contributed by atoms with E-state index < -0.39 is 10.8 Å². The maximum Gasteiger partial charge on any atom is 0.270 e. The Morgan fingerprint density at radius 3 is 2.68 bits per heavy atom. The molecule has 1 fully saturated rings. The van der Waals surface area contributed by atoms with Gasteiger partial charge in [0.25, 0.3) is 11.6 Å². The van der Waals surface area contributed by atoms with Crippen LogP contribution < -0.4 is 10.2 Å². The lowest BCUT2D eigenvalue weighted by atomic mass is 10.1. The molecule has 7 heteroatoms. The Balaban J connectivity index is 2.52. The van der Waals surface area contributed by atoms with Gasteiger partial charge in [0.2, 0.25) is 0 Å². The number of hydrogen-bond acceptors (Lipinski definition) is 5. The van der Waals surface area contributed by atoms with Crippen LogP contribution in [0.4, 0.5) is 11.4 Å². The number of nitrogens with one attached hydrogen (secondary N) is 1. The quantitative estimate of drug-likeness (QED) is 0.396. The molecule has 114 valence electrons. The summed E-state index contributed by atoms with van der Waals surface area (Å²) >= 11 is 0. The Kier molecular flexibility index (Phi) is 4.73. The fourth-order valence-corrected chi connectivity index (χ4v) is 2.46. The van der Waals surface area contributed by atoms with Gasteiger partial charge in [-0.3, -0.25) is 14.9 Å². The second kappa shape index (κ2) is 6.72. The number of likely N-dealkylation sites (N-methyl/N-ethyl adjacent to an activating group) is 1. The maximum absolute atomic E-state index is 11.6. The Labute approximate surface area is 128 Å². The van der Waals surface area contributed by atoms with E-state index in [-0.39, 0.29) is 11.3 Å². The summed E-state index contributed by atoms with van der Waals surface area (Å²) < 4.78 is 0. The van der Waals surface area contributed by atoms with Gasteiger partial charge in [-0.05, 0) is 25.0 Å². The van der Waals surface area contributed by atoms with Crippen LogP contribution in [0.15, 0.2) is 23.8 Å². The summed E-state index contributed by atoms with van der Waals surface area (Å²) in [6.45, 7) is 1.72. The normalized spacial score (nSPS) is 14.5. The summed E-state index contributed by atoms with van der Waals surface area (Å²) in [5.41, 5.74) is 1.17. The number of nitriles is 1. The first-order valence-electron chi connectivity index (χ1n) is 6.94. The predicted octanol–water partition coefficient (Wildman–Crippen LogP) is 1.85. The molecule has 0 aromatic heterocycles. The molecule has 0 spiro atoms. The molecule has 22 heavy (non-hydrogen) atoms. The number of rotatable bonds is 4. The van der Waals surface area contributed by atoms with Crippen molar-refractivity contribution in [2.24, 2.45) is 0 Å². The number of nitro benzene ring substituents is 1. The monoisotopic (exact) mass is 300 g/mol. The molecule has 7 nitrogen and oxygen atoms in total. The molecular formula is C15H16N4O3. The Hall–Kier alpha value is -2.88. The first-order chi connectivity index (χ1) is 10.6. The summed E-state index contributed by atoms with van der Waals surface area (Å²) in [6, 6.07) is 6.34. The SMILES string of the molecule is CNC(=O)/C(C#N)=C/c1cc([N+](=O)[O-])ccc1N1CCCC1. The van der Waals surface area contributed by atoms with Crippen molar-refractivity contribution < 1.29 is 9.72 Å². The number of nitrogens with zero attached hydrogens (tertiary/aromatic N) is 3. The van der Waals surface area contributed by atoms with E-state index >= 15 is 0 Å². The van der Waals surface area contributed by atoms with Gasteiger partial charge >= 0.3 is 0 Å². The molecular weight excluding hydrogens is 284 g/mol. The van der Waals surface area contributed by atoms with Crippen LogP contribution in [0.3, 0.4) is 0 Å². The third-order valence-electron chi connectivity index (χ3n) is 3.56. The average Bonchev–Trinajstić information content (AvgIpc) is 3.05. The first-order valence-corrected chi connectivity index (χ1v) is 6.94. The summed E-state index contributed by atoms with van der Waals surface area (Å²) in [4.78, 5) is 24.2. The molecule has 1 aromatic rings. The van der Waals surface area contributed by atoms with Crippen LogP contribution in [0, 0.1) is 21.4 Å². The minimum Gasteiger partial charge on any atom is -0.371 e. The Morgan fingerprint density at radius 1 is 1.45 bits per heavy atom. The lowest BCUT2D eigenvalue weighted by Crippen LogP contribution is -2.20. The number of carbonyl (C=O) groups is 1. The number of anilines is 1. The van der Waals surface area contributed by atoms with Crippen molar-refractivity contribution in [3.05, 3.63) is 39.4 Å². The molecule has 0 unspecified atom stereocenters. The highest BCUT2D eigenvalue weighted by Gasteiger charge is 2.19. The van der Waals surface area contributed by atoms with Crippen LogP contribution in [0.5, 0.6) is 0 Å². The minimum absolute atomic E-state index is 0.0663. The van der Waals surface area contributed by atoms with Gasteiger partial charge in [-0.25, -0.2) is 0 Å². The summed E-state index contributed by atoms with van der Waals surface area (Å²) in [7, 11) is 1.43. The summed E-state index contributed by atoms with van der Waals surface area (Å²) in [6.07, 6.45) is 3.51. The number of amides is 1. The maximum atomic E-state index is 11.6. The first kappa shape index (κ1) is 15.5. The molecule has 0 saturated carbocycles. The molecule has 1 aliphatic rings. The van der Waals surface area contributed by atoms with Crippen molar-refractivity contribution in [3.63, 3.8) is 0 Å². The van der Waals surface area contributed by atoms with Gasteiger partial charge in [-0.2, -0.15) is 5.26 Å². The van der Waals surface area contributed by atoms with Crippen LogP contribution in [0.2, 0.25) is 0 Å². The zero-order chi connectivity index (χ0) is 16.1. The second-order valence-corrected chi connectivity index (χ2v) is 4.94. The highest BCUT2D eigenvalue weighted by atomic mass is 16.6. The molecule has 0 aliphatic carbocycles. The third-order valence-corrected chi connectivity index (χ3v) is 3.56. The molecule has 0 bridgehead atoms. The number of non-ortho nitro benzene ring substituents is 1. The Bertz CT molecular complexity index is 670. The fraction of sp³-hybridized carbons (Fsp3) is 0.333. The molecule has 0 radical (unpaired) electrons. The molecule has 1 aromatic carbocycles. The molecule has 1 saturated heterocycles. The lowest BCUT2D eigenvalue weighted by Gasteiger charge is -2.20. The van der Waals surface area contributed by atoms with Crippen molar-refractivity contribution in [1.29, 1.82) is 5.26 Å². The van der Waals surface area contributed by atoms with Crippen molar-refractivity contribution in [3.8, 4) is 6.07 Å². The number of nitro groups is 1. The van der Waals surface area contributed by atoms with Gasteiger partial charge < -0.3 is 10.2 Å². The van der Waals surface area contributed by atoms with Crippen LogP contribution >= 0.6 is 0 Å². The third kappa shape index (κ3) is 3.23. The van der Waals surface area contributed by atoms with E-state index in [9.17, 15) is 14.9 Å². The van der Waals surface area contributed by atoms with Crippen molar-refractivity contribution in [2.45, 2.75) is 12.8 Å². The van der Waals surface area contributed by atoms with Crippen LogP contribution in [-0.4, -0.2) is 31.0 Å². The average molecular weight is 300 g/mol. The highest BCUT2D eigenvalue weighted by Crippen LogP contribution is 2.30. The van der Waals surface area contributed by atoms with E-state index in [0.717, 1.165) is 31.6 Å². The van der Waals surface area contributed by atoms with E-state index in [1.165, 1.54) is 25.3 Å². The second-order valence-electron chi connectivity index (χ2n) is 4.94. The van der Waals surface area contributed by atoms with Crippen LogP contribution in [0.25, 0.3) is 6.08 Å². The molecule has 1 heterocycles. The van der Waals surface area contributed by atoms with Gasteiger partial charge in [0.05, 0.1) is 4.92 Å².